The Bertz CT molecular complexity index is 1070. The number of aliphatic hydroxyl groups is 2. The molecular weight excluding hydrogens is 604 g/mol. The van der Waals surface area contributed by atoms with Crippen LogP contribution in [0.4, 0.5) is 0 Å². The van der Waals surface area contributed by atoms with Gasteiger partial charge in [0, 0.05) is 44.3 Å². The fourth-order valence-corrected chi connectivity index (χ4v) is 9.95. The highest BCUT2D eigenvalue weighted by molar-refractivity contribution is 5.86. The molecular formula is C37H56O10. The number of methoxy groups -OCH3 is 2. The van der Waals surface area contributed by atoms with Crippen LogP contribution < -0.4 is 0 Å². The summed E-state index contributed by atoms with van der Waals surface area (Å²) in [6.07, 6.45) is 11.3. The van der Waals surface area contributed by atoms with E-state index in [2.05, 4.69) is 0 Å². The number of hydrogen-bond donors (Lipinski definition) is 2. The van der Waals surface area contributed by atoms with Crippen molar-refractivity contribution in [3.63, 3.8) is 0 Å². The van der Waals surface area contributed by atoms with Gasteiger partial charge in [0.15, 0.2) is 0 Å². The lowest BCUT2D eigenvalue weighted by Crippen LogP contribution is -2.40. The summed E-state index contributed by atoms with van der Waals surface area (Å²) in [6, 6.07) is 0. The molecule has 0 bridgehead atoms. The van der Waals surface area contributed by atoms with E-state index in [-0.39, 0.29) is 83.4 Å². The minimum absolute atomic E-state index is 0.0338. The maximum atomic E-state index is 13.4. The zero-order valence-corrected chi connectivity index (χ0v) is 28.4. The van der Waals surface area contributed by atoms with Gasteiger partial charge in [0.2, 0.25) is 0 Å². The van der Waals surface area contributed by atoms with Gasteiger partial charge in [-0.05, 0) is 114 Å². The average Bonchev–Trinajstić information content (AvgIpc) is 4.00. The number of carbonyl (C=O) groups excluding carboxylic acids is 4. The molecule has 264 valence electrons. The average molecular weight is 661 g/mol. The van der Waals surface area contributed by atoms with Crippen molar-refractivity contribution >= 4 is 23.5 Å². The van der Waals surface area contributed by atoms with Crippen molar-refractivity contribution in [1.29, 1.82) is 0 Å². The molecule has 8 unspecified atom stereocenters. The van der Waals surface area contributed by atoms with Gasteiger partial charge in [-0.15, -0.1) is 0 Å². The third-order valence-corrected chi connectivity index (χ3v) is 13.3. The number of ketones is 2. The van der Waals surface area contributed by atoms with Gasteiger partial charge in [-0.3, -0.25) is 19.2 Å². The van der Waals surface area contributed by atoms with Crippen LogP contribution >= 0.6 is 0 Å². The van der Waals surface area contributed by atoms with Crippen molar-refractivity contribution in [3.05, 3.63) is 0 Å². The molecule has 0 aromatic heterocycles. The highest BCUT2D eigenvalue weighted by atomic mass is 16.5. The molecule has 6 rings (SSSR count). The number of rotatable bonds is 12. The molecule has 10 nitrogen and oxygen atoms in total. The predicted octanol–water partition coefficient (Wildman–Crippen LogP) is 4.35. The molecule has 0 amide bonds. The molecule has 2 spiro atoms. The molecule has 0 saturated heterocycles. The van der Waals surface area contributed by atoms with E-state index in [0.717, 1.165) is 64.2 Å². The Morgan fingerprint density at radius 2 is 0.957 bits per heavy atom. The zero-order chi connectivity index (χ0) is 33.3. The number of ether oxygens (including phenoxy) is 4. The Balaban J connectivity index is 0.892. The normalized spacial score (nSPS) is 42.9. The quantitative estimate of drug-likeness (QED) is 0.229. The molecule has 47 heavy (non-hydrogen) atoms. The van der Waals surface area contributed by atoms with Gasteiger partial charge in [0.25, 0.3) is 0 Å². The van der Waals surface area contributed by atoms with Crippen molar-refractivity contribution in [1.82, 2.24) is 0 Å². The Kier molecular flexibility index (Phi) is 10.8. The van der Waals surface area contributed by atoms with Gasteiger partial charge in [-0.1, -0.05) is 0 Å². The van der Waals surface area contributed by atoms with Crippen molar-refractivity contribution in [3.8, 4) is 0 Å². The summed E-state index contributed by atoms with van der Waals surface area (Å²) in [7, 11) is 3.42. The van der Waals surface area contributed by atoms with E-state index < -0.39 is 24.0 Å². The first-order chi connectivity index (χ1) is 22.6. The van der Waals surface area contributed by atoms with Crippen molar-refractivity contribution in [2.24, 2.45) is 46.3 Å². The highest BCUT2D eigenvalue weighted by Crippen LogP contribution is 2.64. The zero-order valence-electron chi connectivity index (χ0n) is 28.4. The number of Topliss-reactive ketones (excluding diaryl/α,β-unsaturated/α-hetero) is 2. The van der Waals surface area contributed by atoms with Crippen LogP contribution in [0.15, 0.2) is 0 Å². The van der Waals surface area contributed by atoms with Crippen LogP contribution in [0.5, 0.6) is 0 Å². The van der Waals surface area contributed by atoms with Crippen molar-refractivity contribution < 1.29 is 48.3 Å². The predicted molar refractivity (Wildman–Crippen MR) is 170 cm³/mol. The van der Waals surface area contributed by atoms with Gasteiger partial charge in [0.05, 0.1) is 49.5 Å². The SMILES string of the molecule is COC1CCC(C(=O)C2CC3(CCC2O)CC3C(=O)OCCCOC(=O)C2CC23CCC(O)C(C(=O)C2CCC(OC)CC2)C3)CC1. The first kappa shape index (κ1) is 35.0. The number of esters is 2. The molecule has 8 atom stereocenters. The number of carbonyl (C=O) groups is 4. The summed E-state index contributed by atoms with van der Waals surface area (Å²) >= 11 is 0. The summed E-state index contributed by atoms with van der Waals surface area (Å²) in [4.78, 5) is 52.6. The first-order valence-corrected chi connectivity index (χ1v) is 18.4. The van der Waals surface area contributed by atoms with Gasteiger partial charge < -0.3 is 29.2 Å². The Hall–Kier alpha value is -1.88. The first-order valence-electron chi connectivity index (χ1n) is 18.4. The molecule has 0 radical (unpaired) electrons. The second kappa shape index (κ2) is 14.5. The maximum absolute atomic E-state index is 13.4. The van der Waals surface area contributed by atoms with Crippen molar-refractivity contribution in [2.75, 3.05) is 27.4 Å². The lowest BCUT2D eigenvalue weighted by Gasteiger charge is -2.36. The lowest BCUT2D eigenvalue weighted by atomic mass is 9.70. The fourth-order valence-electron chi connectivity index (χ4n) is 9.95. The second-order valence-electron chi connectivity index (χ2n) is 16.0. The molecule has 0 aromatic rings. The van der Waals surface area contributed by atoms with Crippen LogP contribution in [0.25, 0.3) is 0 Å². The third-order valence-electron chi connectivity index (χ3n) is 13.3. The van der Waals surface area contributed by atoms with Crippen LogP contribution in [-0.4, -0.2) is 85.6 Å². The summed E-state index contributed by atoms with van der Waals surface area (Å²) in [5.41, 5.74) is -0.493. The van der Waals surface area contributed by atoms with E-state index in [9.17, 15) is 29.4 Å². The van der Waals surface area contributed by atoms with E-state index in [1.807, 2.05) is 0 Å². The number of hydrogen-bond acceptors (Lipinski definition) is 10. The Morgan fingerprint density at radius 3 is 1.32 bits per heavy atom. The van der Waals surface area contributed by atoms with Crippen LogP contribution in [-0.2, 0) is 38.1 Å². The summed E-state index contributed by atoms with van der Waals surface area (Å²) < 4.78 is 22.1. The lowest BCUT2D eigenvalue weighted by molar-refractivity contribution is -0.150. The van der Waals surface area contributed by atoms with E-state index in [0.29, 0.717) is 44.9 Å². The van der Waals surface area contributed by atoms with E-state index in [1.165, 1.54) is 0 Å². The maximum Gasteiger partial charge on any atom is 0.309 e. The van der Waals surface area contributed by atoms with Crippen LogP contribution in [0.3, 0.4) is 0 Å². The minimum Gasteiger partial charge on any atom is -0.465 e. The van der Waals surface area contributed by atoms with Gasteiger partial charge >= 0.3 is 11.9 Å². The van der Waals surface area contributed by atoms with Gasteiger partial charge in [-0.25, -0.2) is 0 Å². The fraction of sp³-hybridized carbons (Fsp3) is 0.892. The van der Waals surface area contributed by atoms with E-state index in [4.69, 9.17) is 18.9 Å². The summed E-state index contributed by atoms with van der Waals surface area (Å²) in [5.74, 6) is -1.57. The molecule has 6 aliphatic rings. The molecule has 0 aliphatic heterocycles. The second-order valence-corrected chi connectivity index (χ2v) is 16.0. The van der Waals surface area contributed by atoms with Gasteiger partial charge in [0.1, 0.15) is 11.6 Å². The van der Waals surface area contributed by atoms with Crippen LogP contribution in [0, 0.1) is 46.3 Å². The topological polar surface area (TPSA) is 146 Å². The standard InChI is InChI=1S/C37H56O10/c1-44-24-8-4-22(5-9-24)32(40)26-18-36(14-12-30(26)38)20-28(36)34(42)46-16-3-17-47-35(43)29-21-37(29)15-13-31(39)27(19-37)33(41)23-6-10-25(45-2)11-7-23/h22-31,38-39H,3-21H2,1-2H3. The van der Waals surface area contributed by atoms with Crippen LogP contribution in [0.1, 0.15) is 109 Å². The monoisotopic (exact) mass is 660 g/mol. The Morgan fingerprint density at radius 1 is 0.574 bits per heavy atom. The van der Waals surface area contributed by atoms with E-state index >= 15 is 0 Å². The third kappa shape index (κ3) is 7.51. The van der Waals surface area contributed by atoms with Crippen molar-refractivity contribution in [2.45, 2.75) is 134 Å². The Labute approximate surface area is 279 Å². The molecule has 10 heteroatoms. The molecule has 6 fully saturated rings. The number of aliphatic hydroxyl groups excluding tert-OH is 2. The molecule has 0 heterocycles. The largest absolute Gasteiger partial charge is 0.465 e. The van der Waals surface area contributed by atoms with Crippen LogP contribution in [0.2, 0.25) is 0 Å². The van der Waals surface area contributed by atoms with Gasteiger partial charge in [-0.2, -0.15) is 0 Å². The summed E-state index contributed by atoms with van der Waals surface area (Å²) in [6.45, 7) is 0.326. The molecule has 0 aromatic carbocycles. The summed E-state index contributed by atoms with van der Waals surface area (Å²) in [5, 5.41) is 21.4. The molecule has 6 saturated carbocycles. The van der Waals surface area contributed by atoms with E-state index in [1.54, 1.807) is 14.2 Å². The molecule has 2 N–H and O–H groups in total. The molecule has 6 aliphatic carbocycles. The minimum atomic E-state index is -0.642. The smallest absolute Gasteiger partial charge is 0.309 e. The highest BCUT2D eigenvalue weighted by Gasteiger charge is 2.63.